The second kappa shape index (κ2) is 6.85. The van der Waals surface area contributed by atoms with E-state index in [-0.39, 0.29) is 29.5 Å². The fraction of sp³-hybridized carbons (Fsp3) is 0.143. The molecule has 0 bridgehead atoms. The summed E-state index contributed by atoms with van der Waals surface area (Å²) in [5.41, 5.74) is 6.39. The maximum atomic E-state index is 13.7. The minimum absolute atomic E-state index is 0. The van der Waals surface area contributed by atoms with E-state index >= 15 is 0 Å². The number of hydrogen-bond acceptors (Lipinski definition) is 3. The second-order valence-corrected chi connectivity index (χ2v) is 4.30. The molecule has 0 saturated carbocycles. The maximum absolute atomic E-state index is 13.7. The van der Waals surface area contributed by atoms with Gasteiger partial charge < -0.3 is 15.6 Å². The molecule has 2 rings (SSSR count). The average Bonchev–Trinajstić information content (AvgIpc) is 2.37. The third-order valence-corrected chi connectivity index (χ3v) is 2.79. The molecule has 3 N–H and O–H groups in total. The first kappa shape index (κ1) is 18.1. The SMILES string of the molecule is Cl.N[C@H](c1ccc(OC(F)(F)F)cc1)c1ccc(O)cc1F. The van der Waals surface area contributed by atoms with E-state index in [0.29, 0.717) is 5.56 Å². The molecule has 0 fully saturated rings. The number of hydrogen-bond donors (Lipinski definition) is 2. The van der Waals surface area contributed by atoms with Gasteiger partial charge in [-0.25, -0.2) is 4.39 Å². The van der Waals surface area contributed by atoms with E-state index in [2.05, 4.69) is 4.74 Å². The van der Waals surface area contributed by atoms with Crippen molar-refractivity contribution in [2.24, 2.45) is 5.73 Å². The zero-order valence-electron chi connectivity index (χ0n) is 11.0. The molecule has 2 aromatic carbocycles. The van der Waals surface area contributed by atoms with Crippen LogP contribution in [0.2, 0.25) is 0 Å². The summed E-state index contributed by atoms with van der Waals surface area (Å²) in [7, 11) is 0. The van der Waals surface area contributed by atoms with Crippen LogP contribution < -0.4 is 10.5 Å². The molecule has 0 amide bonds. The molecule has 0 unspecified atom stereocenters. The van der Waals surface area contributed by atoms with Crippen LogP contribution in [0, 0.1) is 5.82 Å². The lowest BCUT2D eigenvalue weighted by Crippen LogP contribution is -2.17. The Hall–Kier alpha value is -1.99. The monoisotopic (exact) mass is 337 g/mol. The Morgan fingerprint density at radius 1 is 1.05 bits per heavy atom. The minimum Gasteiger partial charge on any atom is -0.508 e. The summed E-state index contributed by atoms with van der Waals surface area (Å²) in [6.45, 7) is 0. The molecule has 1 atom stereocenters. The first-order chi connectivity index (χ1) is 9.76. The van der Waals surface area contributed by atoms with Gasteiger partial charge in [-0.3, -0.25) is 0 Å². The minimum atomic E-state index is -4.77. The van der Waals surface area contributed by atoms with Gasteiger partial charge in [0.15, 0.2) is 0 Å². The van der Waals surface area contributed by atoms with Crippen LogP contribution in [0.1, 0.15) is 17.2 Å². The molecule has 120 valence electrons. The van der Waals surface area contributed by atoms with Gasteiger partial charge in [-0.1, -0.05) is 18.2 Å². The fourth-order valence-electron chi connectivity index (χ4n) is 1.82. The van der Waals surface area contributed by atoms with Crippen LogP contribution >= 0.6 is 12.4 Å². The van der Waals surface area contributed by atoms with E-state index in [4.69, 9.17) is 10.8 Å². The standard InChI is InChI=1S/C14H11F4NO2.ClH/c15-12-7-9(20)3-6-11(12)13(19)8-1-4-10(5-2-8)21-14(16,17)18;/h1-7,13,20H,19H2;1H/t13-;/m1./s1. The number of phenols is 1. The van der Waals surface area contributed by atoms with Crippen LogP contribution in [0.3, 0.4) is 0 Å². The predicted octanol–water partition coefficient (Wildman–Crippen LogP) is 3.90. The second-order valence-electron chi connectivity index (χ2n) is 4.30. The molecule has 0 saturated heterocycles. The molecule has 0 radical (unpaired) electrons. The Morgan fingerprint density at radius 3 is 2.14 bits per heavy atom. The van der Waals surface area contributed by atoms with Gasteiger partial charge in [-0.2, -0.15) is 0 Å². The lowest BCUT2D eigenvalue weighted by Gasteiger charge is -2.15. The normalized spacial score (nSPS) is 12.4. The van der Waals surface area contributed by atoms with Crippen LogP contribution in [0.5, 0.6) is 11.5 Å². The third-order valence-electron chi connectivity index (χ3n) is 2.79. The number of alkyl halides is 3. The zero-order chi connectivity index (χ0) is 15.6. The summed E-state index contributed by atoms with van der Waals surface area (Å²) in [6.07, 6.45) is -4.77. The van der Waals surface area contributed by atoms with Crippen molar-refractivity contribution >= 4 is 12.4 Å². The van der Waals surface area contributed by atoms with Crippen molar-refractivity contribution < 1.29 is 27.4 Å². The Bertz CT molecular complexity index is 632. The van der Waals surface area contributed by atoms with Crippen molar-refractivity contribution in [3.63, 3.8) is 0 Å². The van der Waals surface area contributed by atoms with Crippen molar-refractivity contribution in [3.8, 4) is 11.5 Å². The smallest absolute Gasteiger partial charge is 0.508 e. The molecule has 0 aromatic heterocycles. The maximum Gasteiger partial charge on any atom is 0.573 e. The van der Waals surface area contributed by atoms with Gasteiger partial charge in [0, 0.05) is 11.6 Å². The van der Waals surface area contributed by atoms with Crippen LogP contribution in [0.15, 0.2) is 42.5 Å². The molecule has 0 spiro atoms. The van der Waals surface area contributed by atoms with Gasteiger partial charge in [0.05, 0.1) is 6.04 Å². The van der Waals surface area contributed by atoms with E-state index in [1.165, 1.54) is 24.3 Å². The predicted molar refractivity (Wildman–Crippen MR) is 74.5 cm³/mol. The average molecular weight is 338 g/mol. The van der Waals surface area contributed by atoms with Crippen molar-refractivity contribution in [3.05, 3.63) is 59.4 Å². The Kier molecular flexibility index (Phi) is 5.62. The van der Waals surface area contributed by atoms with Gasteiger partial charge in [-0.15, -0.1) is 25.6 Å². The van der Waals surface area contributed by atoms with Crippen molar-refractivity contribution in [2.45, 2.75) is 12.4 Å². The highest BCUT2D eigenvalue weighted by molar-refractivity contribution is 5.85. The third kappa shape index (κ3) is 4.51. The van der Waals surface area contributed by atoms with Crippen LogP contribution in [0.25, 0.3) is 0 Å². The number of rotatable bonds is 3. The van der Waals surface area contributed by atoms with Crippen LogP contribution in [-0.2, 0) is 0 Å². The van der Waals surface area contributed by atoms with Crippen LogP contribution in [0.4, 0.5) is 17.6 Å². The molecule has 0 aliphatic carbocycles. The Morgan fingerprint density at radius 2 is 1.64 bits per heavy atom. The Balaban J connectivity index is 0.00000242. The quantitative estimate of drug-likeness (QED) is 0.835. The number of nitrogens with two attached hydrogens (primary N) is 1. The van der Waals surface area contributed by atoms with Gasteiger partial charge >= 0.3 is 6.36 Å². The Labute approximate surface area is 129 Å². The van der Waals surface area contributed by atoms with E-state index in [0.717, 1.165) is 18.2 Å². The summed E-state index contributed by atoms with van der Waals surface area (Å²) in [6, 6.07) is 7.47. The number of halogens is 5. The van der Waals surface area contributed by atoms with Crippen LogP contribution in [-0.4, -0.2) is 11.5 Å². The highest BCUT2D eigenvalue weighted by Crippen LogP contribution is 2.28. The van der Waals surface area contributed by atoms with E-state index in [9.17, 15) is 17.6 Å². The van der Waals surface area contributed by atoms with Gasteiger partial charge in [-0.05, 0) is 23.8 Å². The highest BCUT2D eigenvalue weighted by Gasteiger charge is 2.31. The summed E-state index contributed by atoms with van der Waals surface area (Å²) >= 11 is 0. The molecular weight excluding hydrogens is 326 g/mol. The zero-order valence-corrected chi connectivity index (χ0v) is 11.8. The largest absolute Gasteiger partial charge is 0.573 e. The first-order valence-corrected chi connectivity index (χ1v) is 5.86. The van der Waals surface area contributed by atoms with Gasteiger partial charge in [0.2, 0.25) is 0 Å². The van der Waals surface area contributed by atoms with E-state index in [1.807, 2.05) is 0 Å². The fourth-order valence-corrected chi connectivity index (χ4v) is 1.82. The highest BCUT2D eigenvalue weighted by atomic mass is 35.5. The lowest BCUT2D eigenvalue weighted by molar-refractivity contribution is -0.274. The molecular formula is C14H12ClF4NO2. The summed E-state index contributed by atoms with van der Waals surface area (Å²) in [5, 5.41) is 9.13. The van der Waals surface area contributed by atoms with E-state index in [1.54, 1.807) is 0 Å². The molecule has 3 nitrogen and oxygen atoms in total. The molecule has 8 heteroatoms. The summed E-state index contributed by atoms with van der Waals surface area (Å²) < 4.78 is 53.5. The van der Waals surface area contributed by atoms with Crippen molar-refractivity contribution in [1.82, 2.24) is 0 Å². The molecule has 22 heavy (non-hydrogen) atoms. The number of ether oxygens (including phenoxy) is 1. The van der Waals surface area contributed by atoms with Crippen molar-refractivity contribution in [2.75, 3.05) is 0 Å². The molecule has 0 aliphatic heterocycles. The number of phenolic OH excluding ortho intramolecular Hbond substituents is 1. The van der Waals surface area contributed by atoms with E-state index < -0.39 is 18.2 Å². The lowest BCUT2D eigenvalue weighted by atomic mass is 9.99. The van der Waals surface area contributed by atoms with Crippen molar-refractivity contribution in [1.29, 1.82) is 0 Å². The topological polar surface area (TPSA) is 55.5 Å². The number of aromatic hydroxyl groups is 1. The molecule has 0 heterocycles. The van der Waals surface area contributed by atoms with Gasteiger partial charge in [0.1, 0.15) is 17.3 Å². The first-order valence-electron chi connectivity index (χ1n) is 5.86. The molecule has 2 aromatic rings. The molecule has 0 aliphatic rings. The number of benzene rings is 2. The van der Waals surface area contributed by atoms with Gasteiger partial charge in [0.25, 0.3) is 0 Å². The summed E-state index contributed by atoms with van der Waals surface area (Å²) in [5.74, 6) is -1.32. The summed E-state index contributed by atoms with van der Waals surface area (Å²) in [4.78, 5) is 0.